The van der Waals surface area contributed by atoms with Crippen LogP contribution in [0.3, 0.4) is 0 Å². The fourth-order valence-corrected chi connectivity index (χ4v) is 3.99. The molecule has 0 unspecified atom stereocenters. The van der Waals surface area contributed by atoms with Crippen LogP contribution in [0, 0.1) is 0 Å². The first kappa shape index (κ1) is 22.4. The predicted molar refractivity (Wildman–Crippen MR) is 116 cm³/mol. The molecule has 29 heavy (non-hydrogen) atoms. The third-order valence-corrected chi connectivity index (χ3v) is 5.26. The van der Waals surface area contributed by atoms with E-state index in [-0.39, 0.29) is 5.91 Å². The first-order valence-corrected chi connectivity index (χ1v) is 11.0. The topological polar surface area (TPSA) is 95.6 Å². The number of carbonyl (C=O) groups excluding carboxylic acids is 2. The summed E-state index contributed by atoms with van der Waals surface area (Å²) in [5.74, 6) is -0.876. The molecule has 2 aromatic carbocycles. The van der Waals surface area contributed by atoms with E-state index in [1.54, 1.807) is 54.6 Å². The Hall–Kier alpha value is -2.87. The van der Waals surface area contributed by atoms with Crippen molar-refractivity contribution < 1.29 is 18.0 Å². The van der Waals surface area contributed by atoms with Crippen LogP contribution >= 0.6 is 0 Å². The van der Waals surface area contributed by atoms with Gasteiger partial charge in [0, 0.05) is 5.54 Å². The zero-order valence-electron chi connectivity index (χ0n) is 17.3. The molecule has 7 nitrogen and oxygen atoms in total. The number of benzene rings is 2. The third kappa shape index (κ3) is 6.05. The fraction of sp³-hybridized carbons (Fsp3) is 0.333. The Kier molecular flexibility index (Phi) is 6.69. The number of para-hydroxylation sites is 2. The van der Waals surface area contributed by atoms with Crippen molar-refractivity contribution in [1.29, 1.82) is 0 Å². The molecule has 0 aliphatic carbocycles. The number of hydrogen-bond donors (Lipinski definition) is 2. The fourth-order valence-electron chi connectivity index (χ4n) is 2.82. The second-order valence-electron chi connectivity index (χ2n) is 7.81. The van der Waals surface area contributed by atoms with Gasteiger partial charge in [-0.05, 0) is 52.0 Å². The average molecular weight is 418 g/mol. The summed E-state index contributed by atoms with van der Waals surface area (Å²) in [5, 5.41) is 5.55. The molecule has 0 aliphatic heterocycles. The number of rotatable bonds is 6. The lowest BCUT2D eigenvalue weighted by molar-refractivity contribution is -0.116. The highest BCUT2D eigenvalue weighted by Gasteiger charge is 2.29. The van der Waals surface area contributed by atoms with E-state index in [9.17, 15) is 18.0 Å². The van der Waals surface area contributed by atoms with Crippen molar-refractivity contribution in [2.45, 2.75) is 39.3 Å². The van der Waals surface area contributed by atoms with Gasteiger partial charge < -0.3 is 10.6 Å². The minimum atomic E-state index is -3.71. The van der Waals surface area contributed by atoms with Gasteiger partial charge in [-0.25, -0.2) is 8.42 Å². The molecule has 0 aliphatic rings. The number of anilines is 2. The van der Waals surface area contributed by atoms with E-state index in [0.717, 1.165) is 10.6 Å². The van der Waals surface area contributed by atoms with Crippen molar-refractivity contribution in [3.63, 3.8) is 0 Å². The Bertz CT molecular complexity index is 982. The molecule has 2 aromatic rings. The van der Waals surface area contributed by atoms with Crippen LogP contribution in [0.1, 0.15) is 38.1 Å². The summed E-state index contributed by atoms with van der Waals surface area (Å²) in [6, 6.07) is 14.0. The smallest absolute Gasteiger partial charge is 0.253 e. The minimum absolute atomic E-state index is 0.300. The van der Waals surface area contributed by atoms with Crippen molar-refractivity contribution in [3.05, 3.63) is 60.2 Å². The SMILES string of the molecule is C[C@@H](C(=O)Nc1ccccc1C(=O)NC(C)(C)C)N(c1ccccc1)S(C)(=O)=O. The quantitative estimate of drug-likeness (QED) is 0.755. The van der Waals surface area contributed by atoms with Gasteiger partial charge in [-0.15, -0.1) is 0 Å². The molecule has 2 N–H and O–H groups in total. The lowest BCUT2D eigenvalue weighted by Gasteiger charge is -2.28. The van der Waals surface area contributed by atoms with E-state index >= 15 is 0 Å². The molecule has 0 saturated carbocycles. The Morgan fingerprint density at radius 2 is 1.52 bits per heavy atom. The van der Waals surface area contributed by atoms with Gasteiger partial charge in [0.15, 0.2) is 0 Å². The highest BCUT2D eigenvalue weighted by molar-refractivity contribution is 7.92. The number of nitrogens with zero attached hydrogens (tertiary/aromatic N) is 1. The van der Waals surface area contributed by atoms with Crippen LogP contribution in [-0.2, 0) is 14.8 Å². The van der Waals surface area contributed by atoms with Crippen molar-refractivity contribution in [2.24, 2.45) is 0 Å². The second-order valence-corrected chi connectivity index (χ2v) is 9.67. The zero-order chi connectivity index (χ0) is 21.8. The molecule has 0 spiro atoms. The summed E-state index contributed by atoms with van der Waals surface area (Å²) < 4.78 is 25.7. The second kappa shape index (κ2) is 8.65. The molecule has 0 aromatic heterocycles. The number of sulfonamides is 1. The summed E-state index contributed by atoms with van der Waals surface area (Å²) in [4.78, 5) is 25.5. The monoisotopic (exact) mass is 417 g/mol. The summed E-state index contributed by atoms with van der Waals surface area (Å²) >= 11 is 0. The van der Waals surface area contributed by atoms with Crippen molar-refractivity contribution in [2.75, 3.05) is 15.9 Å². The maximum absolute atomic E-state index is 12.9. The normalized spacial score (nSPS) is 12.7. The van der Waals surface area contributed by atoms with E-state index in [1.165, 1.54) is 6.92 Å². The van der Waals surface area contributed by atoms with Gasteiger partial charge in [0.05, 0.1) is 23.2 Å². The molecule has 0 fully saturated rings. The standard InChI is InChI=1S/C21H27N3O4S/c1-15(24(29(5,27)28)16-11-7-6-8-12-16)19(25)22-18-14-10-9-13-17(18)20(26)23-21(2,3)4/h6-15H,1-5H3,(H,22,25)(H,23,26)/t15-/m0/s1. The van der Waals surface area contributed by atoms with Gasteiger partial charge in [-0.2, -0.15) is 0 Å². The zero-order valence-corrected chi connectivity index (χ0v) is 18.1. The molecular weight excluding hydrogens is 390 g/mol. The van der Waals surface area contributed by atoms with Crippen LogP contribution in [-0.4, -0.2) is 38.1 Å². The third-order valence-electron chi connectivity index (χ3n) is 4.02. The molecule has 0 saturated heterocycles. The van der Waals surface area contributed by atoms with Gasteiger partial charge >= 0.3 is 0 Å². The van der Waals surface area contributed by atoms with E-state index in [0.29, 0.717) is 16.9 Å². The van der Waals surface area contributed by atoms with Crippen molar-refractivity contribution in [3.8, 4) is 0 Å². The number of carbonyl (C=O) groups is 2. The molecule has 0 radical (unpaired) electrons. The Morgan fingerprint density at radius 1 is 0.966 bits per heavy atom. The minimum Gasteiger partial charge on any atom is -0.347 e. The molecule has 0 heterocycles. The van der Waals surface area contributed by atoms with Crippen LogP contribution in [0.5, 0.6) is 0 Å². The average Bonchev–Trinajstić information content (AvgIpc) is 2.60. The summed E-state index contributed by atoms with van der Waals surface area (Å²) in [5.41, 5.74) is 0.555. The van der Waals surface area contributed by atoms with Crippen LogP contribution in [0.2, 0.25) is 0 Å². The molecule has 2 amide bonds. The van der Waals surface area contributed by atoms with E-state index < -0.39 is 27.5 Å². The summed E-state index contributed by atoms with van der Waals surface area (Å²) in [6.45, 7) is 7.08. The van der Waals surface area contributed by atoms with Gasteiger partial charge in [0.1, 0.15) is 6.04 Å². The lowest BCUT2D eigenvalue weighted by atomic mass is 10.1. The van der Waals surface area contributed by atoms with Gasteiger partial charge in [-0.1, -0.05) is 30.3 Å². The summed E-state index contributed by atoms with van der Waals surface area (Å²) in [7, 11) is -3.71. The van der Waals surface area contributed by atoms with Gasteiger partial charge in [0.2, 0.25) is 15.9 Å². The highest BCUT2D eigenvalue weighted by atomic mass is 32.2. The molecule has 2 rings (SSSR count). The van der Waals surface area contributed by atoms with E-state index in [2.05, 4.69) is 10.6 Å². The van der Waals surface area contributed by atoms with Crippen molar-refractivity contribution in [1.82, 2.24) is 5.32 Å². The lowest BCUT2D eigenvalue weighted by Crippen LogP contribution is -2.45. The largest absolute Gasteiger partial charge is 0.347 e. The van der Waals surface area contributed by atoms with Gasteiger partial charge in [-0.3, -0.25) is 13.9 Å². The highest BCUT2D eigenvalue weighted by Crippen LogP contribution is 2.22. The molecule has 0 bridgehead atoms. The number of nitrogens with one attached hydrogen (secondary N) is 2. The Morgan fingerprint density at radius 3 is 2.07 bits per heavy atom. The molecule has 8 heteroatoms. The van der Waals surface area contributed by atoms with Crippen LogP contribution < -0.4 is 14.9 Å². The molecule has 1 atom stereocenters. The molecule has 156 valence electrons. The maximum atomic E-state index is 12.9. The van der Waals surface area contributed by atoms with Crippen LogP contribution in [0.15, 0.2) is 54.6 Å². The van der Waals surface area contributed by atoms with Gasteiger partial charge in [0.25, 0.3) is 5.91 Å². The Balaban J connectivity index is 2.31. The van der Waals surface area contributed by atoms with Crippen LogP contribution in [0.4, 0.5) is 11.4 Å². The predicted octanol–water partition coefficient (Wildman–Crippen LogP) is 3.01. The van der Waals surface area contributed by atoms with E-state index in [1.807, 2.05) is 20.8 Å². The number of hydrogen-bond acceptors (Lipinski definition) is 4. The summed E-state index contributed by atoms with van der Waals surface area (Å²) in [6.07, 6.45) is 1.05. The first-order valence-electron chi connectivity index (χ1n) is 9.17. The molecular formula is C21H27N3O4S. The Labute approximate surface area is 172 Å². The van der Waals surface area contributed by atoms with E-state index in [4.69, 9.17) is 0 Å². The van der Waals surface area contributed by atoms with Crippen molar-refractivity contribution >= 4 is 33.2 Å². The number of amides is 2. The maximum Gasteiger partial charge on any atom is 0.253 e. The van der Waals surface area contributed by atoms with Crippen LogP contribution in [0.25, 0.3) is 0 Å². The first-order chi connectivity index (χ1) is 13.4.